The predicted molar refractivity (Wildman–Crippen MR) is 61.1 cm³/mol. The molecule has 76 valence electrons. The van der Waals surface area contributed by atoms with Gasteiger partial charge in [0, 0.05) is 17.0 Å². The van der Waals surface area contributed by atoms with Crippen LogP contribution in [0.25, 0.3) is 0 Å². The van der Waals surface area contributed by atoms with E-state index in [0.717, 1.165) is 22.3 Å². The SMILES string of the molecule is Clc1ccc(CC2NC3CCC2C3)s1. The lowest BCUT2D eigenvalue weighted by Gasteiger charge is -2.22. The van der Waals surface area contributed by atoms with Crippen LogP contribution in [0.2, 0.25) is 4.34 Å². The van der Waals surface area contributed by atoms with Gasteiger partial charge in [0.15, 0.2) is 0 Å². The monoisotopic (exact) mass is 227 g/mol. The smallest absolute Gasteiger partial charge is 0.0931 e. The molecule has 1 nitrogen and oxygen atoms in total. The van der Waals surface area contributed by atoms with Gasteiger partial charge in [-0.2, -0.15) is 0 Å². The van der Waals surface area contributed by atoms with E-state index in [2.05, 4.69) is 11.4 Å². The summed E-state index contributed by atoms with van der Waals surface area (Å²) in [5.41, 5.74) is 0. The normalized spacial score (nSPS) is 35.4. The Bertz CT molecular complexity index is 336. The van der Waals surface area contributed by atoms with Gasteiger partial charge in [0.05, 0.1) is 4.34 Å². The Balaban J connectivity index is 1.68. The molecule has 0 amide bonds. The topological polar surface area (TPSA) is 12.0 Å². The Morgan fingerprint density at radius 3 is 2.93 bits per heavy atom. The van der Waals surface area contributed by atoms with Crippen LogP contribution in [0, 0.1) is 5.92 Å². The second kappa shape index (κ2) is 3.51. The van der Waals surface area contributed by atoms with Crippen molar-refractivity contribution in [3.8, 4) is 0 Å². The van der Waals surface area contributed by atoms with E-state index < -0.39 is 0 Å². The average molecular weight is 228 g/mol. The highest BCUT2D eigenvalue weighted by Gasteiger charge is 2.38. The molecule has 1 aliphatic carbocycles. The molecule has 14 heavy (non-hydrogen) atoms. The van der Waals surface area contributed by atoms with Crippen molar-refractivity contribution >= 4 is 22.9 Å². The summed E-state index contributed by atoms with van der Waals surface area (Å²) >= 11 is 7.65. The second-order valence-electron chi connectivity index (χ2n) is 4.45. The molecule has 3 heteroatoms. The fourth-order valence-corrected chi connectivity index (χ4v) is 4.02. The third-order valence-corrected chi connectivity index (χ3v) is 4.80. The average Bonchev–Trinajstić information content (AvgIpc) is 2.82. The summed E-state index contributed by atoms with van der Waals surface area (Å²) in [4.78, 5) is 1.43. The van der Waals surface area contributed by atoms with Crippen molar-refractivity contribution in [3.63, 3.8) is 0 Å². The maximum Gasteiger partial charge on any atom is 0.0931 e. The molecule has 2 heterocycles. The van der Waals surface area contributed by atoms with E-state index in [4.69, 9.17) is 11.6 Å². The van der Waals surface area contributed by atoms with Gasteiger partial charge in [0.1, 0.15) is 0 Å². The van der Waals surface area contributed by atoms with Gasteiger partial charge in [-0.05, 0) is 43.7 Å². The Hall–Kier alpha value is -0.0500. The molecule has 0 aromatic carbocycles. The Labute approximate surface area is 93.5 Å². The van der Waals surface area contributed by atoms with Gasteiger partial charge in [-0.25, -0.2) is 0 Å². The van der Waals surface area contributed by atoms with Crippen LogP contribution in [0.5, 0.6) is 0 Å². The molecule has 0 radical (unpaired) electrons. The van der Waals surface area contributed by atoms with Gasteiger partial charge in [0.25, 0.3) is 0 Å². The largest absolute Gasteiger partial charge is 0.311 e. The summed E-state index contributed by atoms with van der Waals surface area (Å²) in [5, 5.41) is 3.71. The van der Waals surface area contributed by atoms with Crippen LogP contribution < -0.4 is 5.32 Å². The lowest BCUT2D eigenvalue weighted by atomic mass is 9.97. The Morgan fingerprint density at radius 1 is 1.43 bits per heavy atom. The van der Waals surface area contributed by atoms with E-state index in [1.165, 1.54) is 30.6 Å². The number of piperidine rings is 1. The van der Waals surface area contributed by atoms with E-state index in [-0.39, 0.29) is 0 Å². The van der Waals surface area contributed by atoms with Crippen molar-refractivity contribution in [1.82, 2.24) is 5.32 Å². The fourth-order valence-electron chi connectivity index (χ4n) is 2.88. The van der Waals surface area contributed by atoms with E-state index >= 15 is 0 Å². The van der Waals surface area contributed by atoms with Crippen molar-refractivity contribution in [2.24, 2.45) is 5.92 Å². The molecule has 3 rings (SSSR count). The molecule has 3 atom stereocenters. The van der Waals surface area contributed by atoms with E-state index in [1.807, 2.05) is 6.07 Å². The van der Waals surface area contributed by atoms with Gasteiger partial charge in [-0.15, -0.1) is 11.3 Å². The number of fused-ring (bicyclic) bond motifs is 2. The summed E-state index contributed by atoms with van der Waals surface area (Å²) in [6.45, 7) is 0. The van der Waals surface area contributed by atoms with Crippen LogP contribution >= 0.6 is 22.9 Å². The molecule has 2 fully saturated rings. The first-order chi connectivity index (χ1) is 6.81. The first-order valence-electron chi connectivity index (χ1n) is 5.31. The number of thiophene rings is 1. The highest BCUT2D eigenvalue weighted by molar-refractivity contribution is 7.16. The van der Waals surface area contributed by atoms with Crippen LogP contribution in [0.15, 0.2) is 12.1 Å². The number of hydrogen-bond acceptors (Lipinski definition) is 2. The van der Waals surface area contributed by atoms with Crippen LogP contribution in [-0.2, 0) is 6.42 Å². The van der Waals surface area contributed by atoms with Crippen LogP contribution in [-0.4, -0.2) is 12.1 Å². The molecule has 3 unspecified atom stereocenters. The van der Waals surface area contributed by atoms with Crippen LogP contribution in [0.3, 0.4) is 0 Å². The van der Waals surface area contributed by atoms with Gasteiger partial charge >= 0.3 is 0 Å². The second-order valence-corrected chi connectivity index (χ2v) is 6.25. The molecule has 1 N–H and O–H groups in total. The molecule has 0 spiro atoms. The van der Waals surface area contributed by atoms with Crippen molar-refractivity contribution in [3.05, 3.63) is 21.3 Å². The summed E-state index contributed by atoms with van der Waals surface area (Å²) in [6.07, 6.45) is 5.41. The zero-order valence-electron chi connectivity index (χ0n) is 8.00. The van der Waals surface area contributed by atoms with Crippen molar-refractivity contribution < 1.29 is 0 Å². The molecule has 2 bridgehead atoms. The zero-order chi connectivity index (χ0) is 9.54. The van der Waals surface area contributed by atoms with Crippen molar-refractivity contribution in [2.45, 2.75) is 37.8 Å². The number of hydrogen-bond donors (Lipinski definition) is 1. The van der Waals surface area contributed by atoms with E-state index in [9.17, 15) is 0 Å². The highest BCUT2D eigenvalue weighted by Crippen LogP contribution is 2.37. The fraction of sp³-hybridized carbons (Fsp3) is 0.636. The Morgan fingerprint density at radius 2 is 2.36 bits per heavy atom. The summed E-state index contributed by atoms with van der Waals surface area (Å²) < 4.78 is 0.920. The zero-order valence-corrected chi connectivity index (χ0v) is 9.57. The molecular weight excluding hydrogens is 214 g/mol. The molecule has 1 aromatic rings. The molecule has 1 aliphatic heterocycles. The van der Waals surface area contributed by atoms with Gasteiger partial charge in [-0.1, -0.05) is 11.6 Å². The highest BCUT2D eigenvalue weighted by atomic mass is 35.5. The van der Waals surface area contributed by atoms with E-state index in [0.29, 0.717) is 0 Å². The standard InChI is InChI=1S/C11H14ClNS/c12-11-4-3-9(14-11)6-10-7-1-2-8(5-7)13-10/h3-4,7-8,10,13H,1-2,5-6H2. The number of halogens is 1. The summed E-state index contributed by atoms with van der Waals surface area (Å²) in [6, 6.07) is 5.72. The Kier molecular flexibility index (Phi) is 2.31. The summed E-state index contributed by atoms with van der Waals surface area (Å²) in [5.74, 6) is 0.931. The maximum atomic E-state index is 5.92. The minimum absolute atomic E-state index is 0.725. The molecular formula is C11H14ClNS. The molecule has 1 saturated carbocycles. The van der Waals surface area contributed by atoms with Crippen LogP contribution in [0.4, 0.5) is 0 Å². The van der Waals surface area contributed by atoms with Crippen molar-refractivity contribution in [2.75, 3.05) is 0 Å². The molecule has 1 aromatic heterocycles. The molecule has 2 aliphatic rings. The van der Waals surface area contributed by atoms with Crippen LogP contribution in [0.1, 0.15) is 24.1 Å². The van der Waals surface area contributed by atoms with Crippen molar-refractivity contribution in [1.29, 1.82) is 0 Å². The van der Waals surface area contributed by atoms with Gasteiger partial charge < -0.3 is 5.32 Å². The minimum atomic E-state index is 0.725. The van der Waals surface area contributed by atoms with E-state index in [1.54, 1.807) is 11.3 Å². The third kappa shape index (κ3) is 1.60. The lowest BCUT2D eigenvalue weighted by molar-refractivity contribution is 0.381. The number of rotatable bonds is 2. The summed E-state index contributed by atoms with van der Waals surface area (Å²) in [7, 11) is 0. The lowest BCUT2D eigenvalue weighted by Crippen LogP contribution is -2.36. The van der Waals surface area contributed by atoms with Gasteiger partial charge in [-0.3, -0.25) is 0 Å². The minimum Gasteiger partial charge on any atom is -0.311 e. The third-order valence-electron chi connectivity index (χ3n) is 3.54. The number of nitrogens with one attached hydrogen (secondary N) is 1. The first-order valence-corrected chi connectivity index (χ1v) is 6.51. The predicted octanol–water partition coefficient (Wildman–Crippen LogP) is 3.08. The maximum absolute atomic E-state index is 5.92. The first kappa shape index (κ1) is 9.20. The molecule has 1 saturated heterocycles. The quantitative estimate of drug-likeness (QED) is 0.819. The van der Waals surface area contributed by atoms with Gasteiger partial charge in [0.2, 0.25) is 0 Å².